The van der Waals surface area contributed by atoms with Crippen LogP contribution >= 0.6 is 0 Å². The monoisotopic (exact) mass is 290 g/mol. The molecular formula is C18H26O3. The van der Waals surface area contributed by atoms with Crippen molar-refractivity contribution >= 4 is 0 Å². The molecule has 3 rings (SSSR count). The standard InChI is InChI=1S/C18H26O3/c1-17(2)20-14-18(21-17)10-8-16(9-11-18)13-19-12-15-6-4-3-5-7-15/h3-7,16H,8-14H2,1-2H3/t16-,18-. The molecule has 0 N–H and O–H groups in total. The maximum absolute atomic E-state index is 6.14. The Bertz CT molecular complexity index is 447. The molecule has 0 aromatic heterocycles. The summed E-state index contributed by atoms with van der Waals surface area (Å²) in [6, 6.07) is 10.4. The molecule has 1 saturated carbocycles. The fraction of sp³-hybridized carbons (Fsp3) is 0.667. The van der Waals surface area contributed by atoms with E-state index in [2.05, 4.69) is 24.3 Å². The molecule has 3 heteroatoms. The van der Waals surface area contributed by atoms with Gasteiger partial charge in [-0.25, -0.2) is 0 Å². The average Bonchev–Trinajstić information content (AvgIpc) is 2.78. The van der Waals surface area contributed by atoms with E-state index in [1.807, 2.05) is 19.9 Å². The zero-order valence-corrected chi connectivity index (χ0v) is 13.1. The molecule has 0 bridgehead atoms. The summed E-state index contributed by atoms with van der Waals surface area (Å²) in [5.74, 6) is 0.253. The molecule has 0 atom stereocenters. The van der Waals surface area contributed by atoms with Crippen LogP contribution < -0.4 is 0 Å². The second-order valence-electron chi connectivity index (χ2n) is 6.92. The van der Waals surface area contributed by atoms with Crippen molar-refractivity contribution < 1.29 is 14.2 Å². The normalized spacial score (nSPS) is 31.6. The van der Waals surface area contributed by atoms with Crippen LogP contribution in [-0.2, 0) is 20.8 Å². The van der Waals surface area contributed by atoms with Gasteiger partial charge < -0.3 is 14.2 Å². The second-order valence-corrected chi connectivity index (χ2v) is 6.92. The summed E-state index contributed by atoms with van der Waals surface area (Å²) in [6.45, 7) is 6.34. The highest BCUT2D eigenvalue weighted by Gasteiger charge is 2.47. The molecule has 1 aliphatic carbocycles. The van der Waals surface area contributed by atoms with Gasteiger partial charge in [-0.15, -0.1) is 0 Å². The third-order valence-corrected chi connectivity index (χ3v) is 4.63. The van der Waals surface area contributed by atoms with Gasteiger partial charge in [-0.1, -0.05) is 30.3 Å². The molecule has 21 heavy (non-hydrogen) atoms. The Kier molecular flexibility index (Phi) is 4.34. The minimum absolute atomic E-state index is 0.0283. The molecule has 3 nitrogen and oxygen atoms in total. The van der Waals surface area contributed by atoms with Crippen LogP contribution in [0.3, 0.4) is 0 Å². The number of ether oxygens (including phenoxy) is 3. The van der Waals surface area contributed by atoms with Gasteiger partial charge in [-0.2, -0.15) is 0 Å². The largest absolute Gasteiger partial charge is 0.376 e. The van der Waals surface area contributed by atoms with Crippen LogP contribution in [0, 0.1) is 5.92 Å². The zero-order valence-electron chi connectivity index (χ0n) is 13.1. The van der Waals surface area contributed by atoms with E-state index in [1.165, 1.54) is 18.4 Å². The summed E-state index contributed by atoms with van der Waals surface area (Å²) in [6.07, 6.45) is 4.54. The van der Waals surface area contributed by atoms with Gasteiger partial charge in [-0.05, 0) is 51.0 Å². The third-order valence-electron chi connectivity index (χ3n) is 4.63. The maximum atomic E-state index is 6.14. The highest BCUT2D eigenvalue weighted by atomic mass is 16.8. The van der Waals surface area contributed by atoms with Crippen LogP contribution in [0.25, 0.3) is 0 Å². The first-order chi connectivity index (χ1) is 10.1. The van der Waals surface area contributed by atoms with E-state index in [1.54, 1.807) is 0 Å². The lowest BCUT2D eigenvalue weighted by Gasteiger charge is -2.36. The Hall–Kier alpha value is -0.900. The molecule has 0 amide bonds. The van der Waals surface area contributed by atoms with Gasteiger partial charge in [0, 0.05) is 6.61 Å². The van der Waals surface area contributed by atoms with Crippen LogP contribution in [0.5, 0.6) is 0 Å². The predicted molar refractivity (Wildman–Crippen MR) is 81.9 cm³/mol. The minimum atomic E-state index is -0.406. The van der Waals surface area contributed by atoms with Crippen LogP contribution in [0.4, 0.5) is 0 Å². The first kappa shape index (κ1) is 15.0. The van der Waals surface area contributed by atoms with Gasteiger partial charge in [-0.3, -0.25) is 0 Å². The van der Waals surface area contributed by atoms with Gasteiger partial charge in [0.2, 0.25) is 0 Å². The average molecular weight is 290 g/mol. The van der Waals surface area contributed by atoms with Crippen molar-refractivity contribution in [3.8, 4) is 0 Å². The second kappa shape index (κ2) is 6.07. The Morgan fingerprint density at radius 2 is 1.86 bits per heavy atom. The number of rotatable bonds is 4. The van der Waals surface area contributed by atoms with Crippen molar-refractivity contribution in [2.75, 3.05) is 13.2 Å². The lowest BCUT2D eigenvalue weighted by atomic mass is 9.79. The summed E-state index contributed by atoms with van der Waals surface area (Å²) >= 11 is 0. The quantitative estimate of drug-likeness (QED) is 0.841. The molecule has 1 heterocycles. The van der Waals surface area contributed by atoms with Gasteiger partial charge in [0.1, 0.15) is 0 Å². The van der Waals surface area contributed by atoms with Crippen molar-refractivity contribution in [2.24, 2.45) is 5.92 Å². The summed E-state index contributed by atoms with van der Waals surface area (Å²) in [7, 11) is 0. The predicted octanol–water partition coefficient (Wildman–Crippen LogP) is 3.92. The van der Waals surface area contributed by atoms with Gasteiger partial charge in [0.15, 0.2) is 5.79 Å². The van der Waals surface area contributed by atoms with Crippen molar-refractivity contribution in [1.82, 2.24) is 0 Å². The Labute approximate surface area is 127 Å². The highest BCUT2D eigenvalue weighted by Crippen LogP contribution is 2.42. The van der Waals surface area contributed by atoms with Gasteiger partial charge in [0.05, 0.1) is 18.8 Å². The number of hydrogen-bond acceptors (Lipinski definition) is 3. The Balaban J connectivity index is 1.40. The molecule has 0 radical (unpaired) electrons. The molecule has 1 aromatic carbocycles. The lowest BCUT2D eigenvalue weighted by Crippen LogP contribution is -2.39. The number of hydrogen-bond donors (Lipinski definition) is 0. The van der Waals surface area contributed by atoms with Crippen molar-refractivity contribution in [3.63, 3.8) is 0 Å². The fourth-order valence-corrected chi connectivity index (χ4v) is 3.42. The van der Waals surface area contributed by atoms with E-state index in [9.17, 15) is 0 Å². The van der Waals surface area contributed by atoms with E-state index in [-0.39, 0.29) is 5.60 Å². The summed E-state index contributed by atoms with van der Waals surface area (Å²) < 4.78 is 17.8. The molecule has 1 aliphatic heterocycles. The molecular weight excluding hydrogens is 264 g/mol. The van der Waals surface area contributed by atoms with Crippen LogP contribution in [0.1, 0.15) is 45.1 Å². The molecule has 2 fully saturated rings. The van der Waals surface area contributed by atoms with E-state index in [4.69, 9.17) is 14.2 Å². The van der Waals surface area contributed by atoms with E-state index in [0.717, 1.165) is 32.7 Å². The first-order valence-corrected chi connectivity index (χ1v) is 8.03. The van der Waals surface area contributed by atoms with Crippen molar-refractivity contribution in [1.29, 1.82) is 0 Å². The lowest BCUT2D eigenvalue weighted by molar-refractivity contribution is -0.170. The van der Waals surface area contributed by atoms with Gasteiger partial charge in [0.25, 0.3) is 0 Å². The van der Waals surface area contributed by atoms with E-state index >= 15 is 0 Å². The minimum Gasteiger partial charge on any atom is -0.376 e. The fourth-order valence-electron chi connectivity index (χ4n) is 3.42. The summed E-state index contributed by atoms with van der Waals surface area (Å²) in [4.78, 5) is 0. The van der Waals surface area contributed by atoms with Crippen molar-refractivity contribution in [3.05, 3.63) is 35.9 Å². The Morgan fingerprint density at radius 3 is 2.48 bits per heavy atom. The molecule has 2 aliphatic rings. The summed E-state index contributed by atoms with van der Waals surface area (Å²) in [5.41, 5.74) is 1.22. The highest BCUT2D eigenvalue weighted by molar-refractivity contribution is 5.13. The third kappa shape index (κ3) is 3.85. The van der Waals surface area contributed by atoms with Crippen LogP contribution in [0.2, 0.25) is 0 Å². The van der Waals surface area contributed by atoms with E-state index in [0.29, 0.717) is 5.92 Å². The SMILES string of the molecule is CC1(C)OC[C@]2(CC[C@@H](COCc3ccccc3)CC2)O1. The molecule has 1 aromatic rings. The smallest absolute Gasteiger partial charge is 0.163 e. The first-order valence-electron chi connectivity index (χ1n) is 8.03. The van der Waals surface area contributed by atoms with Gasteiger partial charge >= 0.3 is 0 Å². The summed E-state index contributed by atoms with van der Waals surface area (Å²) in [5, 5.41) is 0. The maximum Gasteiger partial charge on any atom is 0.163 e. The topological polar surface area (TPSA) is 27.7 Å². The van der Waals surface area contributed by atoms with E-state index < -0.39 is 5.79 Å². The van der Waals surface area contributed by atoms with Crippen LogP contribution in [-0.4, -0.2) is 24.6 Å². The Morgan fingerprint density at radius 1 is 1.14 bits per heavy atom. The molecule has 116 valence electrons. The molecule has 1 saturated heterocycles. The molecule has 1 spiro atoms. The van der Waals surface area contributed by atoms with Crippen LogP contribution in [0.15, 0.2) is 30.3 Å². The number of benzene rings is 1. The molecule has 0 unspecified atom stereocenters. The van der Waals surface area contributed by atoms with Crippen molar-refractivity contribution in [2.45, 2.75) is 57.5 Å². The zero-order chi connectivity index (χ0) is 14.8.